The first-order chi connectivity index (χ1) is 12.0. The van der Waals surface area contributed by atoms with Crippen molar-refractivity contribution in [1.82, 2.24) is 5.32 Å². The molecule has 2 rings (SSSR count). The van der Waals surface area contributed by atoms with Crippen molar-refractivity contribution in [3.8, 4) is 5.75 Å². The number of ether oxygens (including phenoxy) is 1. The van der Waals surface area contributed by atoms with Gasteiger partial charge < -0.3 is 15.4 Å². The van der Waals surface area contributed by atoms with Crippen LogP contribution in [-0.4, -0.2) is 25.5 Å². The van der Waals surface area contributed by atoms with Crippen LogP contribution in [0.5, 0.6) is 5.75 Å². The highest BCUT2D eigenvalue weighted by Gasteiger charge is 2.13. The van der Waals surface area contributed by atoms with Crippen LogP contribution in [0.2, 0.25) is 5.02 Å². The van der Waals surface area contributed by atoms with Crippen molar-refractivity contribution < 1.29 is 14.3 Å². The van der Waals surface area contributed by atoms with Gasteiger partial charge in [-0.2, -0.15) is 0 Å². The molecule has 1 aromatic rings. The van der Waals surface area contributed by atoms with E-state index in [0.29, 0.717) is 23.0 Å². The molecular weight excluding hydrogens is 340 g/mol. The van der Waals surface area contributed by atoms with Crippen molar-refractivity contribution in [1.29, 1.82) is 0 Å². The van der Waals surface area contributed by atoms with Crippen LogP contribution in [0.25, 0.3) is 0 Å². The standard InChI is InChI=1S/C19H25ClN2O3/c1-13-10-16(17(25-2)11-15(13)20)22-19(24)12-18(23)21-9-8-14-6-4-3-5-7-14/h6,10-11H,3-5,7-9,12H2,1-2H3,(H,21,23)(H,22,24). The molecular formula is C19H25ClN2O3. The molecule has 0 fully saturated rings. The fraction of sp³-hybridized carbons (Fsp3) is 0.474. The molecule has 25 heavy (non-hydrogen) atoms. The Balaban J connectivity index is 1.80. The lowest BCUT2D eigenvalue weighted by Gasteiger charge is -2.13. The fourth-order valence-electron chi connectivity index (χ4n) is 2.83. The number of hydrogen-bond donors (Lipinski definition) is 2. The van der Waals surface area contributed by atoms with E-state index >= 15 is 0 Å². The Morgan fingerprint density at radius 3 is 2.72 bits per heavy atom. The predicted molar refractivity (Wildman–Crippen MR) is 100 cm³/mol. The lowest BCUT2D eigenvalue weighted by molar-refractivity contribution is -0.126. The van der Waals surface area contributed by atoms with Crippen LogP contribution in [-0.2, 0) is 9.59 Å². The van der Waals surface area contributed by atoms with Gasteiger partial charge in [-0.05, 0) is 50.7 Å². The molecule has 1 aliphatic carbocycles. The molecule has 0 aliphatic heterocycles. The number of rotatable bonds is 7. The minimum absolute atomic E-state index is 0.218. The Morgan fingerprint density at radius 1 is 1.24 bits per heavy atom. The van der Waals surface area contributed by atoms with Gasteiger partial charge in [0.15, 0.2) is 0 Å². The second-order valence-electron chi connectivity index (χ2n) is 6.23. The maximum absolute atomic E-state index is 12.1. The predicted octanol–water partition coefficient (Wildman–Crippen LogP) is 3.99. The molecule has 0 saturated heterocycles. The summed E-state index contributed by atoms with van der Waals surface area (Å²) >= 11 is 6.05. The van der Waals surface area contributed by atoms with Crippen molar-refractivity contribution >= 4 is 29.1 Å². The van der Waals surface area contributed by atoms with Crippen LogP contribution in [0.15, 0.2) is 23.8 Å². The van der Waals surface area contributed by atoms with Gasteiger partial charge in [-0.3, -0.25) is 9.59 Å². The number of hydrogen-bond acceptors (Lipinski definition) is 3. The van der Waals surface area contributed by atoms with Gasteiger partial charge in [0.2, 0.25) is 11.8 Å². The molecule has 0 heterocycles. The van der Waals surface area contributed by atoms with Crippen molar-refractivity contribution in [2.45, 2.75) is 45.4 Å². The molecule has 0 unspecified atom stereocenters. The van der Waals surface area contributed by atoms with Crippen LogP contribution < -0.4 is 15.4 Å². The van der Waals surface area contributed by atoms with Gasteiger partial charge in [0.05, 0.1) is 12.8 Å². The molecule has 136 valence electrons. The van der Waals surface area contributed by atoms with Crippen molar-refractivity contribution in [2.24, 2.45) is 0 Å². The van der Waals surface area contributed by atoms with Crippen LogP contribution in [0.1, 0.15) is 44.1 Å². The summed E-state index contributed by atoms with van der Waals surface area (Å²) in [7, 11) is 1.50. The third kappa shape index (κ3) is 6.09. The highest BCUT2D eigenvalue weighted by molar-refractivity contribution is 6.31. The Kier molecular flexibility index (Phi) is 7.31. The zero-order valence-corrected chi connectivity index (χ0v) is 15.5. The first-order valence-corrected chi connectivity index (χ1v) is 8.96. The third-order valence-corrected chi connectivity index (χ3v) is 4.64. The molecule has 2 amide bonds. The average Bonchev–Trinajstić information content (AvgIpc) is 2.58. The van der Waals surface area contributed by atoms with Gasteiger partial charge >= 0.3 is 0 Å². The minimum atomic E-state index is -0.380. The number of carbonyl (C=O) groups is 2. The summed E-state index contributed by atoms with van der Waals surface area (Å²) < 4.78 is 5.21. The lowest BCUT2D eigenvalue weighted by Crippen LogP contribution is -2.29. The topological polar surface area (TPSA) is 67.4 Å². The molecule has 0 radical (unpaired) electrons. The van der Waals surface area contributed by atoms with Crippen LogP contribution in [0.4, 0.5) is 5.69 Å². The van der Waals surface area contributed by atoms with E-state index in [1.165, 1.54) is 25.5 Å². The smallest absolute Gasteiger partial charge is 0.233 e. The zero-order valence-electron chi connectivity index (χ0n) is 14.8. The number of anilines is 1. The largest absolute Gasteiger partial charge is 0.495 e. The summed E-state index contributed by atoms with van der Waals surface area (Å²) in [5.41, 5.74) is 2.73. The second kappa shape index (κ2) is 9.47. The number of benzene rings is 1. The number of halogens is 1. The number of nitrogens with one attached hydrogen (secondary N) is 2. The van der Waals surface area contributed by atoms with Crippen molar-refractivity contribution in [3.63, 3.8) is 0 Å². The van der Waals surface area contributed by atoms with E-state index in [2.05, 4.69) is 16.7 Å². The number of allylic oxidation sites excluding steroid dienone is 1. The highest BCUT2D eigenvalue weighted by atomic mass is 35.5. The second-order valence-corrected chi connectivity index (χ2v) is 6.64. The van der Waals surface area contributed by atoms with E-state index in [4.69, 9.17) is 16.3 Å². The molecule has 0 saturated carbocycles. The Morgan fingerprint density at radius 2 is 2.04 bits per heavy atom. The van der Waals surface area contributed by atoms with Crippen LogP contribution >= 0.6 is 11.6 Å². The summed E-state index contributed by atoms with van der Waals surface area (Å²) in [5, 5.41) is 6.07. The van der Waals surface area contributed by atoms with Gasteiger partial charge in [-0.1, -0.05) is 23.3 Å². The van der Waals surface area contributed by atoms with Gasteiger partial charge in [-0.25, -0.2) is 0 Å². The Labute approximate surface area is 153 Å². The molecule has 6 heteroatoms. The zero-order chi connectivity index (χ0) is 18.2. The van der Waals surface area contributed by atoms with E-state index in [1.54, 1.807) is 12.1 Å². The van der Waals surface area contributed by atoms with E-state index in [1.807, 2.05) is 6.92 Å². The Hall–Kier alpha value is -2.01. The SMILES string of the molecule is COc1cc(Cl)c(C)cc1NC(=O)CC(=O)NCCC1=CCCCC1. The maximum atomic E-state index is 12.1. The van der Waals surface area contributed by atoms with E-state index in [9.17, 15) is 9.59 Å². The maximum Gasteiger partial charge on any atom is 0.233 e. The van der Waals surface area contributed by atoms with E-state index < -0.39 is 0 Å². The summed E-state index contributed by atoms with van der Waals surface area (Å²) in [6, 6.07) is 3.37. The molecule has 0 aromatic heterocycles. The monoisotopic (exact) mass is 364 g/mol. The molecule has 0 atom stereocenters. The van der Waals surface area contributed by atoms with Gasteiger partial charge in [0.1, 0.15) is 12.2 Å². The van der Waals surface area contributed by atoms with Crippen molar-refractivity contribution in [3.05, 3.63) is 34.4 Å². The number of aryl methyl sites for hydroxylation is 1. The first-order valence-electron chi connectivity index (χ1n) is 8.58. The first kappa shape index (κ1) is 19.3. The summed E-state index contributed by atoms with van der Waals surface area (Å²) in [6.45, 7) is 2.41. The molecule has 0 spiro atoms. The average molecular weight is 365 g/mol. The fourth-order valence-corrected chi connectivity index (χ4v) is 2.98. The van der Waals surface area contributed by atoms with Gasteiger partial charge in [0, 0.05) is 17.6 Å². The summed E-state index contributed by atoms with van der Waals surface area (Å²) in [5.74, 6) is -0.193. The normalized spacial score (nSPS) is 13.8. The highest BCUT2D eigenvalue weighted by Crippen LogP contribution is 2.31. The van der Waals surface area contributed by atoms with Gasteiger partial charge in [-0.15, -0.1) is 0 Å². The lowest BCUT2D eigenvalue weighted by atomic mass is 9.97. The summed E-state index contributed by atoms with van der Waals surface area (Å²) in [6.07, 6.45) is 7.63. The number of carbonyl (C=O) groups excluding carboxylic acids is 2. The Bertz CT molecular complexity index is 671. The molecule has 5 nitrogen and oxygen atoms in total. The third-order valence-electron chi connectivity index (χ3n) is 4.23. The van der Waals surface area contributed by atoms with Crippen LogP contribution in [0.3, 0.4) is 0 Å². The molecule has 1 aliphatic rings. The minimum Gasteiger partial charge on any atom is -0.495 e. The van der Waals surface area contributed by atoms with E-state index in [-0.39, 0.29) is 18.2 Å². The molecule has 2 N–H and O–H groups in total. The molecule has 1 aromatic carbocycles. The summed E-state index contributed by atoms with van der Waals surface area (Å²) in [4.78, 5) is 24.0. The van der Waals surface area contributed by atoms with Crippen LogP contribution in [0, 0.1) is 6.92 Å². The quantitative estimate of drug-likeness (QED) is 0.567. The van der Waals surface area contributed by atoms with Crippen molar-refractivity contribution in [2.75, 3.05) is 19.0 Å². The number of methoxy groups -OCH3 is 1. The number of amides is 2. The molecule has 0 bridgehead atoms. The van der Waals surface area contributed by atoms with Gasteiger partial charge in [0.25, 0.3) is 0 Å². The van der Waals surface area contributed by atoms with E-state index in [0.717, 1.165) is 24.8 Å².